The van der Waals surface area contributed by atoms with Crippen molar-refractivity contribution in [1.29, 1.82) is 0 Å². The van der Waals surface area contributed by atoms with E-state index in [4.69, 9.17) is 10.5 Å². The summed E-state index contributed by atoms with van der Waals surface area (Å²) in [7, 11) is 1.38. The second kappa shape index (κ2) is 7.90. The van der Waals surface area contributed by atoms with Crippen LogP contribution in [0.2, 0.25) is 0 Å². The summed E-state index contributed by atoms with van der Waals surface area (Å²) in [5.41, 5.74) is 5.73. The van der Waals surface area contributed by atoms with Gasteiger partial charge in [-0.15, -0.1) is 0 Å². The largest absolute Gasteiger partial charge is 0.471 e. The highest BCUT2D eigenvalue weighted by Gasteiger charge is 2.41. The summed E-state index contributed by atoms with van der Waals surface area (Å²) in [6, 6.07) is 1.57. The lowest BCUT2D eigenvalue weighted by Crippen LogP contribution is -2.39. The van der Waals surface area contributed by atoms with Crippen molar-refractivity contribution in [3.63, 3.8) is 0 Å². The van der Waals surface area contributed by atoms with Crippen LogP contribution in [0.5, 0.6) is 5.88 Å². The van der Waals surface area contributed by atoms with Crippen LogP contribution in [0.4, 0.5) is 23.2 Å². The topological polar surface area (TPSA) is 86.5 Å². The molecule has 0 aliphatic heterocycles. The Bertz CT molecular complexity index is 485. The molecule has 0 spiro atoms. The molecule has 22 heavy (non-hydrogen) atoms. The van der Waals surface area contributed by atoms with Gasteiger partial charge in [0.1, 0.15) is 6.04 Å². The van der Waals surface area contributed by atoms with E-state index in [1.54, 1.807) is 0 Å². The van der Waals surface area contributed by atoms with Crippen LogP contribution >= 0.6 is 0 Å². The second-order valence-corrected chi connectivity index (χ2v) is 4.29. The molecule has 1 atom stereocenters. The SMILES string of the molecule is COCC(N)C(=O)Nc1ccc(OCC(F)(F)C(F)F)nc1. The molecule has 1 rings (SSSR count). The molecule has 1 amide bonds. The molecular weight excluding hydrogens is 310 g/mol. The Labute approximate surface area is 123 Å². The van der Waals surface area contributed by atoms with Crippen molar-refractivity contribution in [1.82, 2.24) is 4.98 Å². The van der Waals surface area contributed by atoms with Crippen molar-refractivity contribution < 1.29 is 31.8 Å². The van der Waals surface area contributed by atoms with Crippen LogP contribution in [0.1, 0.15) is 0 Å². The maximum absolute atomic E-state index is 12.7. The molecule has 1 unspecified atom stereocenters. The predicted molar refractivity (Wildman–Crippen MR) is 69.2 cm³/mol. The molecule has 1 aromatic heterocycles. The zero-order valence-corrected chi connectivity index (χ0v) is 11.6. The van der Waals surface area contributed by atoms with E-state index in [0.717, 1.165) is 12.3 Å². The van der Waals surface area contributed by atoms with E-state index in [1.165, 1.54) is 13.2 Å². The first-order valence-electron chi connectivity index (χ1n) is 6.06. The molecule has 0 aliphatic carbocycles. The lowest BCUT2D eigenvalue weighted by Gasteiger charge is -2.15. The number of hydrogen-bond donors (Lipinski definition) is 2. The molecular formula is C12H15F4N3O3. The third kappa shape index (κ3) is 5.45. The predicted octanol–water partition coefficient (Wildman–Crippen LogP) is 1.27. The third-order valence-electron chi connectivity index (χ3n) is 2.42. The third-order valence-corrected chi connectivity index (χ3v) is 2.42. The Morgan fingerprint density at radius 3 is 2.64 bits per heavy atom. The van der Waals surface area contributed by atoms with Gasteiger partial charge in [0.25, 0.3) is 0 Å². The minimum atomic E-state index is -4.26. The number of pyridine rings is 1. The average Bonchev–Trinajstić information content (AvgIpc) is 2.46. The lowest BCUT2D eigenvalue weighted by molar-refractivity contribution is -0.148. The number of nitrogens with zero attached hydrogens (tertiary/aromatic N) is 1. The van der Waals surface area contributed by atoms with E-state index in [1.807, 2.05) is 0 Å². The minimum Gasteiger partial charge on any atom is -0.471 e. The summed E-state index contributed by atoms with van der Waals surface area (Å²) in [6.07, 6.45) is -2.71. The van der Waals surface area contributed by atoms with Crippen molar-refractivity contribution in [2.75, 3.05) is 25.6 Å². The number of nitrogens with one attached hydrogen (secondary N) is 1. The van der Waals surface area contributed by atoms with Gasteiger partial charge in [0.15, 0.2) is 6.61 Å². The van der Waals surface area contributed by atoms with Crippen molar-refractivity contribution in [3.05, 3.63) is 18.3 Å². The molecule has 0 radical (unpaired) electrons. The van der Waals surface area contributed by atoms with Crippen LogP contribution in [-0.4, -0.2) is 49.6 Å². The standard InChI is InChI=1S/C12H15F4N3O3/c1-21-5-8(17)10(20)19-7-2-3-9(18-4-7)22-6-12(15,16)11(13)14/h2-4,8,11H,5-6,17H2,1H3,(H,19,20). The number of aromatic nitrogens is 1. The maximum Gasteiger partial charge on any atom is 0.340 e. The number of nitrogens with two attached hydrogens (primary N) is 1. The van der Waals surface area contributed by atoms with Crippen LogP contribution < -0.4 is 15.8 Å². The Morgan fingerprint density at radius 2 is 2.14 bits per heavy atom. The number of carbonyl (C=O) groups excluding carboxylic acids is 1. The molecule has 0 fully saturated rings. The van der Waals surface area contributed by atoms with Crippen LogP contribution in [0.3, 0.4) is 0 Å². The monoisotopic (exact) mass is 325 g/mol. The lowest BCUT2D eigenvalue weighted by atomic mass is 10.3. The molecule has 1 heterocycles. The summed E-state index contributed by atoms with van der Waals surface area (Å²) in [4.78, 5) is 15.2. The average molecular weight is 325 g/mol. The van der Waals surface area contributed by atoms with Gasteiger partial charge in [-0.2, -0.15) is 8.78 Å². The summed E-state index contributed by atoms with van der Waals surface area (Å²) >= 11 is 0. The highest BCUT2D eigenvalue weighted by molar-refractivity contribution is 5.94. The fourth-order valence-electron chi connectivity index (χ4n) is 1.26. The van der Waals surface area contributed by atoms with Crippen LogP contribution in [0, 0.1) is 0 Å². The Balaban J connectivity index is 2.55. The van der Waals surface area contributed by atoms with Gasteiger partial charge in [0.05, 0.1) is 18.5 Å². The quantitative estimate of drug-likeness (QED) is 0.703. The molecule has 0 saturated heterocycles. The summed E-state index contributed by atoms with van der Waals surface area (Å²) in [6.45, 7) is -1.48. The molecule has 1 aromatic rings. The molecule has 0 aliphatic rings. The van der Waals surface area contributed by atoms with Crippen molar-refractivity contribution in [3.8, 4) is 5.88 Å². The first kappa shape index (κ1) is 18.1. The van der Waals surface area contributed by atoms with Gasteiger partial charge < -0.3 is 20.5 Å². The normalized spacial score (nSPS) is 13.0. The molecule has 3 N–H and O–H groups in total. The highest BCUT2D eigenvalue weighted by Crippen LogP contribution is 2.23. The van der Waals surface area contributed by atoms with Crippen LogP contribution in [-0.2, 0) is 9.53 Å². The van der Waals surface area contributed by atoms with E-state index in [0.29, 0.717) is 0 Å². The number of methoxy groups -OCH3 is 1. The van der Waals surface area contributed by atoms with Crippen molar-refractivity contribution >= 4 is 11.6 Å². The van der Waals surface area contributed by atoms with Crippen molar-refractivity contribution in [2.24, 2.45) is 5.73 Å². The summed E-state index contributed by atoms with van der Waals surface area (Å²) in [5.74, 6) is -5.07. The van der Waals surface area contributed by atoms with E-state index in [9.17, 15) is 22.4 Å². The number of anilines is 1. The van der Waals surface area contributed by atoms with Gasteiger partial charge in [-0.3, -0.25) is 4.79 Å². The van der Waals surface area contributed by atoms with Gasteiger partial charge >= 0.3 is 12.3 Å². The molecule has 0 bridgehead atoms. The first-order chi connectivity index (χ1) is 10.3. The number of hydrogen-bond acceptors (Lipinski definition) is 5. The fourth-order valence-corrected chi connectivity index (χ4v) is 1.26. The van der Waals surface area contributed by atoms with E-state index in [2.05, 4.69) is 15.0 Å². The van der Waals surface area contributed by atoms with Gasteiger partial charge in [-0.25, -0.2) is 13.8 Å². The summed E-state index contributed by atoms with van der Waals surface area (Å²) in [5, 5.41) is 2.41. The van der Waals surface area contributed by atoms with Gasteiger partial charge in [-0.05, 0) is 6.07 Å². The Morgan fingerprint density at radius 1 is 1.45 bits per heavy atom. The number of amides is 1. The van der Waals surface area contributed by atoms with E-state index < -0.39 is 30.9 Å². The van der Waals surface area contributed by atoms with Gasteiger partial charge in [-0.1, -0.05) is 0 Å². The number of carbonyl (C=O) groups is 1. The van der Waals surface area contributed by atoms with Gasteiger partial charge in [0.2, 0.25) is 11.8 Å². The van der Waals surface area contributed by atoms with Crippen LogP contribution in [0.25, 0.3) is 0 Å². The zero-order chi connectivity index (χ0) is 16.8. The van der Waals surface area contributed by atoms with E-state index in [-0.39, 0.29) is 18.2 Å². The zero-order valence-electron chi connectivity index (χ0n) is 11.6. The minimum absolute atomic E-state index is 0.0170. The fraction of sp³-hybridized carbons (Fsp3) is 0.500. The second-order valence-electron chi connectivity index (χ2n) is 4.29. The number of alkyl halides is 4. The summed E-state index contributed by atoms with van der Waals surface area (Å²) < 4.78 is 58.4. The number of ether oxygens (including phenoxy) is 2. The van der Waals surface area contributed by atoms with Gasteiger partial charge in [0, 0.05) is 13.2 Å². The number of rotatable bonds is 8. The highest BCUT2D eigenvalue weighted by atomic mass is 19.3. The molecule has 124 valence electrons. The first-order valence-corrected chi connectivity index (χ1v) is 6.06. The molecule has 6 nitrogen and oxygen atoms in total. The Kier molecular flexibility index (Phi) is 6.50. The number of halogens is 4. The smallest absolute Gasteiger partial charge is 0.340 e. The molecule has 10 heteroatoms. The molecule has 0 aromatic carbocycles. The van der Waals surface area contributed by atoms with E-state index >= 15 is 0 Å². The van der Waals surface area contributed by atoms with Crippen LogP contribution in [0.15, 0.2) is 18.3 Å². The maximum atomic E-state index is 12.7. The Hall–Kier alpha value is -1.94. The van der Waals surface area contributed by atoms with Crippen molar-refractivity contribution in [2.45, 2.75) is 18.4 Å². The molecule has 0 saturated carbocycles.